The molecule has 0 radical (unpaired) electrons. The molecule has 5 atom stereocenters. The van der Waals surface area contributed by atoms with Gasteiger partial charge in [0.25, 0.3) is 0 Å². The summed E-state index contributed by atoms with van der Waals surface area (Å²) in [5, 5.41) is 36.1. The van der Waals surface area contributed by atoms with E-state index in [0.29, 0.717) is 0 Å². The Labute approximate surface area is 69.2 Å². The third-order valence-corrected chi connectivity index (χ3v) is 1.93. The van der Waals surface area contributed by atoms with Gasteiger partial charge in [-0.3, -0.25) is 0 Å². The number of hydrogen-bond donors (Lipinski definition) is 5. The normalized spacial score (nSPS) is 49.2. The molecule has 0 aliphatic carbocycles. The summed E-state index contributed by atoms with van der Waals surface area (Å²) in [5.74, 6) is 0. The van der Waals surface area contributed by atoms with Crippen LogP contribution in [0.15, 0.2) is 0 Å². The topological polar surface area (TPSA) is 116 Å². The molecule has 6 heteroatoms. The Bertz CT molecular complexity index is 150. The zero-order chi connectivity index (χ0) is 9.30. The zero-order valence-corrected chi connectivity index (χ0v) is 6.37. The Hall–Kier alpha value is -0.240. The van der Waals surface area contributed by atoms with Crippen LogP contribution in [-0.4, -0.2) is 57.7 Å². The van der Waals surface area contributed by atoms with Crippen LogP contribution < -0.4 is 5.73 Å². The molecule has 0 bridgehead atoms. The number of aliphatic hydroxyl groups excluding tert-OH is 4. The number of nitrogens with two attached hydrogens (primary N) is 1. The smallest absolute Gasteiger partial charge is 0.135 e. The molecule has 0 spiro atoms. The van der Waals surface area contributed by atoms with E-state index in [9.17, 15) is 5.11 Å². The van der Waals surface area contributed by atoms with Gasteiger partial charge in [-0.2, -0.15) is 0 Å². The van der Waals surface area contributed by atoms with E-state index in [0.717, 1.165) is 0 Å². The fourth-order valence-corrected chi connectivity index (χ4v) is 1.13. The Kier molecular flexibility index (Phi) is 2.99. The lowest BCUT2D eigenvalue weighted by Crippen LogP contribution is -2.61. The summed E-state index contributed by atoms with van der Waals surface area (Å²) in [6, 6.07) is 0. The first-order chi connectivity index (χ1) is 5.57. The van der Waals surface area contributed by atoms with Crippen molar-refractivity contribution < 1.29 is 25.2 Å². The summed E-state index contributed by atoms with van der Waals surface area (Å²) in [7, 11) is 0. The molecule has 0 saturated carbocycles. The van der Waals surface area contributed by atoms with Crippen molar-refractivity contribution in [3.63, 3.8) is 0 Å². The molecule has 1 heterocycles. The summed E-state index contributed by atoms with van der Waals surface area (Å²) in [6.07, 6.45) is -5.99. The van der Waals surface area contributed by atoms with Crippen molar-refractivity contribution >= 4 is 0 Å². The van der Waals surface area contributed by atoms with Crippen molar-refractivity contribution in [2.75, 3.05) is 6.61 Å². The van der Waals surface area contributed by atoms with Crippen molar-refractivity contribution in [1.29, 1.82) is 0 Å². The lowest BCUT2D eigenvalue weighted by molar-refractivity contribution is -0.227. The van der Waals surface area contributed by atoms with E-state index in [1.807, 2.05) is 0 Å². The first-order valence-electron chi connectivity index (χ1n) is 3.64. The quantitative estimate of drug-likeness (QED) is 0.288. The van der Waals surface area contributed by atoms with Crippen LogP contribution in [0.5, 0.6) is 0 Å². The van der Waals surface area contributed by atoms with Gasteiger partial charge < -0.3 is 30.9 Å². The molecule has 12 heavy (non-hydrogen) atoms. The molecule has 1 fully saturated rings. The van der Waals surface area contributed by atoms with Crippen molar-refractivity contribution in [3.05, 3.63) is 0 Å². The Morgan fingerprint density at radius 1 is 1.08 bits per heavy atom. The predicted octanol–water partition coefficient (Wildman–Crippen LogP) is -3.25. The van der Waals surface area contributed by atoms with Gasteiger partial charge >= 0.3 is 0 Å². The van der Waals surface area contributed by atoms with Crippen LogP contribution >= 0.6 is 0 Å². The van der Waals surface area contributed by atoms with E-state index in [-0.39, 0.29) is 0 Å². The van der Waals surface area contributed by atoms with Crippen LogP contribution in [0.25, 0.3) is 0 Å². The molecule has 1 saturated heterocycles. The summed E-state index contributed by atoms with van der Waals surface area (Å²) in [6.45, 7) is -0.446. The number of ether oxygens (including phenoxy) is 1. The van der Waals surface area contributed by atoms with E-state index in [1.54, 1.807) is 0 Å². The molecule has 3 unspecified atom stereocenters. The Morgan fingerprint density at radius 2 is 1.67 bits per heavy atom. The minimum absolute atomic E-state index is 0.446. The van der Waals surface area contributed by atoms with Crippen molar-refractivity contribution in [1.82, 2.24) is 0 Å². The van der Waals surface area contributed by atoms with E-state index < -0.39 is 37.3 Å². The van der Waals surface area contributed by atoms with Crippen LogP contribution in [0.3, 0.4) is 0 Å². The van der Waals surface area contributed by atoms with E-state index in [2.05, 4.69) is 0 Å². The molecule has 1 aliphatic heterocycles. The molecule has 0 aromatic rings. The molecule has 6 N–H and O–H groups in total. The van der Waals surface area contributed by atoms with E-state index in [4.69, 9.17) is 25.8 Å². The van der Waals surface area contributed by atoms with Crippen LogP contribution in [0.4, 0.5) is 0 Å². The Balaban J connectivity index is 2.63. The van der Waals surface area contributed by atoms with Crippen molar-refractivity contribution in [2.24, 2.45) is 5.73 Å². The molecule has 72 valence electrons. The summed E-state index contributed by atoms with van der Waals surface area (Å²) in [5.41, 5.74) is 5.24. The van der Waals surface area contributed by atoms with Crippen LogP contribution in [-0.2, 0) is 4.74 Å². The predicted molar refractivity (Wildman–Crippen MR) is 38.0 cm³/mol. The second kappa shape index (κ2) is 3.65. The minimum atomic E-state index is -1.37. The third-order valence-electron chi connectivity index (χ3n) is 1.93. The summed E-state index contributed by atoms with van der Waals surface area (Å²) in [4.78, 5) is 0. The minimum Gasteiger partial charge on any atom is -0.394 e. The van der Waals surface area contributed by atoms with Gasteiger partial charge in [0.15, 0.2) is 0 Å². The zero-order valence-electron chi connectivity index (χ0n) is 6.37. The SMILES string of the molecule is N[C@H]1OC(CO)[C@H](O)C(O)C1O. The molecule has 1 aliphatic rings. The summed E-state index contributed by atoms with van der Waals surface area (Å²) >= 11 is 0. The Morgan fingerprint density at radius 3 is 2.17 bits per heavy atom. The largest absolute Gasteiger partial charge is 0.394 e. The molecule has 0 aromatic heterocycles. The highest BCUT2D eigenvalue weighted by molar-refractivity contribution is 4.89. The fourth-order valence-electron chi connectivity index (χ4n) is 1.13. The van der Waals surface area contributed by atoms with Crippen LogP contribution in [0.2, 0.25) is 0 Å². The van der Waals surface area contributed by atoms with E-state index >= 15 is 0 Å². The average Bonchev–Trinajstić information content (AvgIpc) is 2.08. The fraction of sp³-hybridized carbons (Fsp3) is 1.00. The second-order valence-electron chi connectivity index (χ2n) is 2.79. The number of aliphatic hydroxyl groups is 4. The van der Waals surface area contributed by atoms with Gasteiger partial charge in [0.2, 0.25) is 0 Å². The highest BCUT2D eigenvalue weighted by Crippen LogP contribution is 2.17. The van der Waals surface area contributed by atoms with Gasteiger partial charge in [-0.25, -0.2) is 0 Å². The van der Waals surface area contributed by atoms with Gasteiger partial charge in [0, 0.05) is 0 Å². The monoisotopic (exact) mass is 179 g/mol. The lowest BCUT2D eigenvalue weighted by atomic mass is 9.99. The van der Waals surface area contributed by atoms with E-state index in [1.165, 1.54) is 0 Å². The van der Waals surface area contributed by atoms with Gasteiger partial charge in [-0.1, -0.05) is 0 Å². The van der Waals surface area contributed by atoms with Gasteiger partial charge in [-0.15, -0.1) is 0 Å². The second-order valence-corrected chi connectivity index (χ2v) is 2.79. The molecular formula is C6H13NO5. The van der Waals surface area contributed by atoms with Gasteiger partial charge in [-0.05, 0) is 0 Å². The molecule has 1 rings (SSSR count). The molecule has 0 aromatic carbocycles. The van der Waals surface area contributed by atoms with Crippen molar-refractivity contribution in [2.45, 2.75) is 30.6 Å². The number of rotatable bonds is 1. The van der Waals surface area contributed by atoms with Gasteiger partial charge in [0.1, 0.15) is 30.6 Å². The average molecular weight is 179 g/mol. The standard InChI is InChI=1S/C6H13NO5/c7-6-5(11)4(10)3(9)2(1-8)12-6/h2-6,8-11H,1,7H2/t2?,3-,4?,5?,6-/m0/s1. The lowest BCUT2D eigenvalue weighted by Gasteiger charge is -2.38. The molecular weight excluding hydrogens is 166 g/mol. The molecule has 6 nitrogen and oxygen atoms in total. The first kappa shape index (κ1) is 9.85. The van der Waals surface area contributed by atoms with Crippen LogP contribution in [0, 0.1) is 0 Å². The summed E-state index contributed by atoms with van der Waals surface area (Å²) < 4.78 is 4.80. The maximum absolute atomic E-state index is 9.18. The highest BCUT2D eigenvalue weighted by Gasteiger charge is 2.41. The van der Waals surface area contributed by atoms with Gasteiger partial charge in [0.05, 0.1) is 6.61 Å². The maximum Gasteiger partial charge on any atom is 0.135 e. The maximum atomic E-state index is 9.18. The molecule has 0 amide bonds. The highest BCUT2D eigenvalue weighted by atomic mass is 16.6. The number of hydrogen-bond acceptors (Lipinski definition) is 6. The first-order valence-corrected chi connectivity index (χ1v) is 3.64. The van der Waals surface area contributed by atoms with Crippen molar-refractivity contribution in [3.8, 4) is 0 Å². The third kappa shape index (κ3) is 1.58. The van der Waals surface area contributed by atoms with Crippen LogP contribution in [0.1, 0.15) is 0 Å².